The van der Waals surface area contributed by atoms with Crippen LogP contribution in [-0.2, 0) is 22.3 Å². The van der Waals surface area contributed by atoms with E-state index in [-0.39, 0.29) is 30.0 Å². The minimum Gasteiger partial charge on any atom is -0.444 e. The van der Waals surface area contributed by atoms with Crippen molar-refractivity contribution in [3.05, 3.63) is 94.8 Å². The third kappa shape index (κ3) is 8.78. The Kier molecular flexibility index (Phi) is 9.74. The summed E-state index contributed by atoms with van der Waals surface area (Å²) in [5.41, 5.74) is 2.76. The summed E-state index contributed by atoms with van der Waals surface area (Å²) in [4.78, 5) is 43.9. The summed E-state index contributed by atoms with van der Waals surface area (Å²) in [5.74, 6) is 0.0480. The van der Waals surface area contributed by atoms with E-state index in [0.29, 0.717) is 36.2 Å². The number of aromatic nitrogens is 1. The molecule has 5 rings (SSSR count). The molecule has 0 saturated heterocycles. The fourth-order valence-corrected chi connectivity index (χ4v) is 5.44. The lowest BCUT2D eigenvalue weighted by Crippen LogP contribution is -2.35. The Bertz CT molecular complexity index is 1670. The molecular formula is C36H39F3N4O4. The number of ether oxygens (including phenoxy) is 1. The van der Waals surface area contributed by atoms with Gasteiger partial charge in [-0.25, -0.2) is 4.79 Å². The van der Waals surface area contributed by atoms with Crippen LogP contribution in [0.1, 0.15) is 85.7 Å². The van der Waals surface area contributed by atoms with Crippen molar-refractivity contribution in [1.82, 2.24) is 20.5 Å². The molecule has 47 heavy (non-hydrogen) atoms. The first-order valence-electron chi connectivity index (χ1n) is 15.7. The van der Waals surface area contributed by atoms with E-state index in [0.717, 1.165) is 41.7 Å². The summed E-state index contributed by atoms with van der Waals surface area (Å²) < 4.78 is 46.1. The standard InChI is InChI=1S/C36H39F3N4O4/c1-22(42-32(44)31-19-27(13-16-40-31)24-14-17-43(18-15-24)33(45)26-9-10-26)23-5-7-25(8-6-23)30-20-29(36(37,38)39)12-11-28(30)21-41-34(46)47-35(2,3)4/h5-8,11-14,16,19-20,22,26H,9-10,15,17-18,21H2,1-4H3,(H,41,46)(H,42,44)/t22-/m1/s1. The fourth-order valence-electron chi connectivity index (χ4n) is 5.44. The van der Waals surface area contributed by atoms with Crippen LogP contribution in [0.2, 0.25) is 0 Å². The lowest BCUT2D eigenvalue weighted by atomic mass is 9.95. The van der Waals surface area contributed by atoms with Crippen LogP contribution in [0.3, 0.4) is 0 Å². The molecule has 0 spiro atoms. The Hall–Kier alpha value is -4.67. The zero-order valence-electron chi connectivity index (χ0n) is 26.9. The number of pyridine rings is 1. The molecule has 3 amide bonds. The van der Waals surface area contributed by atoms with Crippen LogP contribution in [-0.4, -0.2) is 46.5 Å². The van der Waals surface area contributed by atoms with Gasteiger partial charge in [-0.15, -0.1) is 0 Å². The van der Waals surface area contributed by atoms with E-state index in [1.54, 1.807) is 57.3 Å². The van der Waals surface area contributed by atoms with Crippen molar-refractivity contribution in [3.63, 3.8) is 0 Å². The number of nitrogens with zero attached hydrogens (tertiary/aromatic N) is 2. The Morgan fingerprint density at radius 1 is 1.00 bits per heavy atom. The van der Waals surface area contributed by atoms with Crippen molar-refractivity contribution in [2.75, 3.05) is 13.1 Å². The normalized spacial score (nSPS) is 15.8. The van der Waals surface area contributed by atoms with Gasteiger partial charge in [-0.2, -0.15) is 13.2 Å². The SMILES string of the molecule is C[C@@H](NC(=O)c1cc(C2=CCN(C(=O)C3CC3)CC2)ccn1)c1ccc(-c2cc(C(F)(F)F)ccc2CNC(=O)OC(C)(C)C)cc1. The van der Waals surface area contributed by atoms with Crippen molar-refractivity contribution >= 4 is 23.5 Å². The van der Waals surface area contributed by atoms with Gasteiger partial charge in [0.2, 0.25) is 5.91 Å². The first kappa shape index (κ1) is 33.7. The summed E-state index contributed by atoms with van der Waals surface area (Å²) in [7, 11) is 0. The van der Waals surface area contributed by atoms with Gasteiger partial charge >= 0.3 is 12.3 Å². The minimum atomic E-state index is -4.54. The van der Waals surface area contributed by atoms with Crippen LogP contribution < -0.4 is 10.6 Å². The molecule has 0 unspecified atom stereocenters. The van der Waals surface area contributed by atoms with E-state index in [4.69, 9.17) is 4.74 Å². The van der Waals surface area contributed by atoms with Crippen LogP contribution in [0.25, 0.3) is 16.7 Å². The third-order valence-electron chi connectivity index (χ3n) is 8.14. The number of nitrogens with one attached hydrogen (secondary N) is 2. The maximum atomic E-state index is 13.6. The number of benzene rings is 2. The summed E-state index contributed by atoms with van der Waals surface area (Å²) in [5, 5.41) is 5.56. The van der Waals surface area contributed by atoms with Crippen molar-refractivity contribution in [1.29, 1.82) is 0 Å². The molecule has 1 aliphatic heterocycles. The number of alkyl halides is 3. The number of amides is 3. The number of hydrogen-bond donors (Lipinski definition) is 2. The van der Waals surface area contributed by atoms with Gasteiger partial charge in [0.05, 0.1) is 11.6 Å². The van der Waals surface area contributed by atoms with Crippen LogP contribution in [0.5, 0.6) is 0 Å². The highest BCUT2D eigenvalue weighted by molar-refractivity contribution is 5.93. The predicted molar refractivity (Wildman–Crippen MR) is 172 cm³/mol. The highest BCUT2D eigenvalue weighted by Gasteiger charge is 2.34. The molecule has 1 atom stereocenters. The van der Waals surface area contributed by atoms with Gasteiger partial charge in [0.25, 0.3) is 5.91 Å². The highest BCUT2D eigenvalue weighted by atomic mass is 19.4. The summed E-state index contributed by atoms with van der Waals surface area (Å²) in [6, 6.07) is 13.5. The molecule has 1 fully saturated rings. The van der Waals surface area contributed by atoms with E-state index in [1.807, 2.05) is 24.0 Å². The number of halogens is 3. The maximum absolute atomic E-state index is 13.6. The minimum absolute atomic E-state index is 0.0313. The highest BCUT2D eigenvalue weighted by Crippen LogP contribution is 2.35. The Balaban J connectivity index is 1.26. The lowest BCUT2D eigenvalue weighted by Gasteiger charge is -2.27. The topological polar surface area (TPSA) is 101 Å². The van der Waals surface area contributed by atoms with Gasteiger partial charge in [-0.1, -0.05) is 36.4 Å². The average Bonchev–Trinajstić information content (AvgIpc) is 3.88. The molecule has 2 aromatic carbocycles. The summed E-state index contributed by atoms with van der Waals surface area (Å²) >= 11 is 0. The molecule has 8 nitrogen and oxygen atoms in total. The van der Waals surface area contributed by atoms with Gasteiger partial charge < -0.3 is 20.3 Å². The zero-order valence-corrected chi connectivity index (χ0v) is 26.9. The van der Waals surface area contributed by atoms with Crippen LogP contribution >= 0.6 is 0 Å². The van der Waals surface area contributed by atoms with Crippen molar-refractivity contribution in [2.45, 2.75) is 71.3 Å². The van der Waals surface area contributed by atoms with Crippen molar-refractivity contribution in [2.24, 2.45) is 5.92 Å². The van der Waals surface area contributed by atoms with Crippen molar-refractivity contribution < 1.29 is 32.3 Å². The van der Waals surface area contributed by atoms with E-state index in [1.165, 1.54) is 6.07 Å². The second kappa shape index (κ2) is 13.6. The molecule has 2 heterocycles. The smallest absolute Gasteiger partial charge is 0.416 e. The van der Waals surface area contributed by atoms with E-state index >= 15 is 0 Å². The molecule has 1 saturated carbocycles. The predicted octanol–water partition coefficient (Wildman–Crippen LogP) is 7.31. The first-order chi connectivity index (χ1) is 22.2. The van der Waals surface area contributed by atoms with Gasteiger partial charge in [-0.05, 0) is 105 Å². The molecule has 1 aromatic heterocycles. The van der Waals surface area contributed by atoms with Crippen LogP contribution in [0, 0.1) is 5.92 Å². The number of carbonyl (C=O) groups excluding carboxylic acids is 3. The fraction of sp³-hybridized carbons (Fsp3) is 0.389. The molecule has 0 bridgehead atoms. The van der Waals surface area contributed by atoms with Gasteiger partial charge in [-0.3, -0.25) is 14.6 Å². The molecule has 1 aliphatic carbocycles. The van der Waals surface area contributed by atoms with E-state index < -0.39 is 29.5 Å². The molecule has 2 aliphatic rings. The zero-order chi connectivity index (χ0) is 33.9. The number of alkyl carbamates (subject to hydrolysis) is 1. The maximum Gasteiger partial charge on any atom is 0.416 e. The monoisotopic (exact) mass is 648 g/mol. The van der Waals surface area contributed by atoms with Gasteiger partial charge in [0.1, 0.15) is 11.3 Å². The molecular weight excluding hydrogens is 609 g/mol. The Morgan fingerprint density at radius 3 is 2.34 bits per heavy atom. The molecule has 3 aromatic rings. The van der Waals surface area contributed by atoms with Crippen LogP contribution in [0.4, 0.5) is 18.0 Å². The lowest BCUT2D eigenvalue weighted by molar-refractivity contribution is -0.137. The number of rotatable bonds is 8. The van der Waals surface area contributed by atoms with Crippen LogP contribution in [0.15, 0.2) is 66.9 Å². The second-order valence-electron chi connectivity index (χ2n) is 13.0. The Labute approximate surface area is 272 Å². The first-order valence-corrected chi connectivity index (χ1v) is 15.7. The number of carbonyl (C=O) groups is 3. The molecule has 2 N–H and O–H groups in total. The second-order valence-corrected chi connectivity index (χ2v) is 13.0. The molecule has 248 valence electrons. The van der Waals surface area contributed by atoms with E-state index in [9.17, 15) is 27.6 Å². The van der Waals surface area contributed by atoms with Crippen molar-refractivity contribution in [3.8, 4) is 11.1 Å². The largest absolute Gasteiger partial charge is 0.444 e. The van der Waals surface area contributed by atoms with Gasteiger partial charge in [0, 0.05) is 31.7 Å². The van der Waals surface area contributed by atoms with E-state index in [2.05, 4.69) is 15.6 Å². The molecule has 11 heteroatoms. The van der Waals surface area contributed by atoms with Gasteiger partial charge in [0.15, 0.2) is 0 Å². The third-order valence-corrected chi connectivity index (χ3v) is 8.14. The molecule has 0 radical (unpaired) electrons. The quantitative estimate of drug-likeness (QED) is 0.267. The number of hydrogen-bond acceptors (Lipinski definition) is 5. The Morgan fingerprint density at radius 2 is 1.72 bits per heavy atom. The average molecular weight is 649 g/mol. The summed E-state index contributed by atoms with van der Waals surface area (Å²) in [6.45, 7) is 8.15. The summed E-state index contributed by atoms with van der Waals surface area (Å²) in [6.07, 6.45) is 1.07.